The molecule has 0 radical (unpaired) electrons. The second kappa shape index (κ2) is 7.92. The first-order valence-electron chi connectivity index (χ1n) is 8.94. The molecule has 1 aliphatic carbocycles. The van der Waals surface area contributed by atoms with E-state index in [2.05, 4.69) is 5.32 Å². The summed E-state index contributed by atoms with van der Waals surface area (Å²) in [5, 5.41) is 3.80. The molecule has 0 saturated heterocycles. The lowest BCUT2D eigenvalue weighted by atomic mass is 9.68. The molecule has 1 aliphatic rings. The van der Waals surface area contributed by atoms with Crippen molar-refractivity contribution in [2.75, 3.05) is 11.9 Å². The van der Waals surface area contributed by atoms with Crippen molar-refractivity contribution in [3.05, 3.63) is 59.1 Å². The Kier molecular flexibility index (Phi) is 5.64. The van der Waals surface area contributed by atoms with Crippen molar-refractivity contribution < 1.29 is 9.53 Å². The van der Waals surface area contributed by atoms with Crippen molar-refractivity contribution in [3.63, 3.8) is 0 Å². The van der Waals surface area contributed by atoms with Gasteiger partial charge in [0.2, 0.25) is 5.91 Å². The molecule has 0 heterocycles. The van der Waals surface area contributed by atoms with E-state index in [1.54, 1.807) is 0 Å². The number of carbonyl (C=O) groups is 1. The summed E-state index contributed by atoms with van der Waals surface area (Å²) in [5.41, 5.74) is 1.38. The number of hydrogen-bond acceptors (Lipinski definition) is 2. The molecule has 132 valence electrons. The highest BCUT2D eigenvalue weighted by molar-refractivity contribution is 6.30. The summed E-state index contributed by atoms with van der Waals surface area (Å²) in [7, 11) is 0. The molecule has 0 unspecified atom stereocenters. The molecule has 1 fully saturated rings. The molecule has 0 bridgehead atoms. The van der Waals surface area contributed by atoms with Crippen molar-refractivity contribution >= 4 is 23.2 Å². The summed E-state index contributed by atoms with van der Waals surface area (Å²) in [6.07, 6.45) is 5.07. The lowest BCUT2D eigenvalue weighted by Crippen LogP contribution is -2.42. The third-order valence-corrected chi connectivity index (χ3v) is 5.21. The molecule has 0 spiro atoms. The molecule has 3 rings (SSSR count). The van der Waals surface area contributed by atoms with Gasteiger partial charge in [0, 0.05) is 10.7 Å². The van der Waals surface area contributed by atoms with Crippen molar-refractivity contribution in [2.45, 2.75) is 44.4 Å². The van der Waals surface area contributed by atoms with Crippen LogP contribution in [0.5, 0.6) is 5.75 Å². The van der Waals surface area contributed by atoms with Crippen molar-refractivity contribution in [2.24, 2.45) is 0 Å². The molecular formula is C21H24ClNO2. The average molecular weight is 358 g/mol. The fraction of sp³-hybridized carbons (Fsp3) is 0.381. The second-order valence-electron chi connectivity index (χ2n) is 6.56. The summed E-state index contributed by atoms with van der Waals surface area (Å²) >= 11 is 6.03. The Morgan fingerprint density at radius 2 is 1.68 bits per heavy atom. The van der Waals surface area contributed by atoms with Gasteiger partial charge >= 0.3 is 0 Å². The molecule has 4 heteroatoms. The van der Waals surface area contributed by atoms with Crippen LogP contribution in [0.3, 0.4) is 0 Å². The third-order valence-electron chi connectivity index (χ3n) is 4.96. The molecule has 0 aromatic heterocycles. The number of halogens is 1. The monoisotopic (exact) mass is 357 g/mol. The van der Waals surface area contributed by atoms with Gasteiger partial charge in [0.05, 0.1) is 12.0 Å². The van der Waals surface area contributed by atoms with Crippen LogP contribution in [-0.2, 0) is 10.2 Å². The fourth-order valence-corrected chi connectivity index (χ4v) is 3.75. The predicted molar refractivity (Wildman–Crippen MR) is 102 cm³/mol. The number of hydrogen-bond donors (Lipinski definition) is 1. The highest BCUT2D eigenvalue weighted by Gasteiger charge is 2.41. The number of carbonyl (C=O) groups excluding carboxylic acids is 1. The first-order chi connectivity index (χ1) is 12.1. The van der Waals surface area contributed by atoms with Gasteiger partial charge in [-0.05, 0) is 61.7 Å². The van der Waals surface area contributed by atoms with Gasteiger partial charge in [-0.3, -0.25) is 4.79 Å². The number of rotatable bonds is 5. The quantitative estimate of drug-likeness (QED) is 0.758. The standard InChI is InChI=1S/C21H24ClNO2/c1-2-25-19-12-10-18(11-13-19)23-20(24)21(14-4-3-5-15-21)16-6-8-17(22)9-7-16/h6-13H,2-5,14-15H2,1H3,(H,23,24). The zero-order chi connectivity index (χ0) is 17.7. The normalized spacial score (nSPS) is 16.2. The van der Waals surface area contributed by atoms with E-state index in [9.17, 15) is 4.79 Å². The van der Waals surface area contributed by atoms with Crippen LogP contribution in [0.15, 0.2) is 48.5 Å². The Hall–Kier alpha value is -2.00. The van der Waals surface area contributed by atoms with E-state index in [1.165, 1.54) is 6.42 Å². The number of benzene rings is 2. The van der Waals surface area contributed by atoms with Crippen LogP contribution in [0.25, 0.3) is 0 Å². The lowest BCUT2D eigenvalue weighted by molar-refractivity contribution is -0.122. The zero-order valence-electron chi connectivity index (χ0n) is 14.6. The van der Waals surface area contributed by atoms with Gasteiger partial charge in [-0.1, -0.05) is 43.0 Å². The lowest BCUT2D eigenvalue weighted by Gasteiger charge is -2.36. The Balaban J connectivity index is 1.83. The molecule has 3 nitrogen and oxygen atoms in total. The first-order valence-corrected chi connectivity index (χ1v) is 9.32. The Bertz CT molecular complexity index is 704. The maximum Gasteiger partial charge on any atom is 0.235 e. The SMILES string of the molecule is CCOc1ccc(NC(=O)C2(c3ccc(Cl)cc3)CCCCC2)cc1. The third kappa shape index (κ3) is 3.98. The predicted octanol–water partition coefficient (Wildman–Crippen LogP) is 5.58. The van der Waals surface area contributed by atoms with E-state index in [1.807, 2.05) is 55.5 Å². The maximum absolute atomic E-state index is 13.2. The van der Waals surface area contributed by atoms with Crippen molar-refractivity contribution in [1.82, 2.24) is 0 Å². The van der Waals surface area contributed by atoms with Crippen LogP contribution in [0.4, 0.5) is 5.69 Å². The van der Waals surface area contributed by atoms with E-state index < -0.39 is 5.41 Å². The number of nitrogens with one attached hydrogen (secondary N) is 1. The van der Waals surface area contributed by atoms with E-state index in [-0.39, 0.29) is 5.91 Å². The Morgan fingerprint density at radius 1 is 1.04 bits per heavy atom. The highest BCUT2D eigenvalue weighted by atomic mass is 35.5. The van der Waals surface area contributed by atoms with Crippen LogP contribution in [-0.4, -0.2) is 12.5 Å². The topological polar surface area (TPSA) is 38.3 Å². The van der Waals surface area contributed by atoms with E-state index in [0.717, 1.165) is 42.7 Å². The van der Waals surface area contributed by atoms with Gasteiger partial charge in [0.1, 0.15) is 5.75 Å². The smallest absolute Gasteiger partial charge is 0.235 e. The molecule has 1 N–H and O–H groups in total. The van der Waals surface area contributed by atoms with Gasteiger partial charge in [-0.2, -0.15) is 0 Å². The molecule has 0 aliphatic heterocycles. The zero-order valence-corrected chi connectivity index (χ0v) is 15.3. The Morgan fingerprint density at radius 3 is 2.28 bits per heavy atom. The van der Waals surface area contributed by atoms with Crippen molar-refractivity contribution in [3.8, 4) is 5.75 Å². The fourth-order valence-electron chi connectivity index (χ4n) is 3.62. The molecule has 2 aromatic rings. The van der Waals surface area contributed by atoms with Gasteiger partial charge in [-0.15, -0.1) is 0 Å². The Labute approximate surface area is 154 Å². The highest BCUT2D eigenvalue weighted by Crippen LogP contribution is 2.41. The summed E-state index contributed by atoms with van der Waals surface area (Å²) in [6.45, 7) is 2.58. The second-order valence-corrected chi connectivity index (χ2v) is 7.00. The van der Waals surface area contributed by atoms with Crippen LogP contribution < -0.4 is 10.1 Å². The molecular weight excluding hydrogens is 334 g/mol. The largest absolute Gasteiger partial charge is 0.494 e. The van der Waals surface area contributed by atoms with Gasteiger partial charge in [0.15, 0.2) is 0 Å². The molecule has 1 amide bonds. The average Bonchev–Trinajstić information content (AvgIpc) is 2.64. The van der Waals surface area contributed by atoms with E-state index in [4.69, 9.17) is 16.3 Å². The molecule has 25 heavy (non-hydrogen) atoms. The summed E-state index contributed by atoms with van der Waals surface area (Å²) in [6, 6.07) is 15.3. The minimum atomic E-state index is -0.471. The van der Waals surface area contributed by atoms with Crippen LogP contribution in [0.1, 0.15) is 44.6 Å². The van der Waals surface area contributed by atoms with E-state index in [0.29, 0.717) is 11.6 Å². The maximum atomic E-state index is 13.2. The summed E-state index contributed by atoms with van der Waals surface area (Å²) < 4.78 is 5.46. The minimum absolute atomic E-state index is 0.0682. The molecule has 0 atom stereocenters. The summed E-state index contributed by atoms with van der Waals surface area (Å²) in [5.74, 6) is 0.879. The number of ether oxygens (including phenoxy) is 1. The van der Waals surface area contributed by atoms with Gasteiger partial charge in [-0.25, -0.2) is 0 Å². The van der Waals surface area contributed by atoms with E-state index >= 15 is 0 Å². The van der Waals surface area contributed by atoms with Crippen LogP contribution in [0.2, 0.25) is 5.02 Å². The van der Waals surface area contributed by atoms with Crippen LogP contribution in [0, 0.1) is 0 Å². The van der Waals surface area contributed by atoms with Crippen LogP contribution >= 0.6 is 11.6 Å². The molecule has 2 aromatic carbocycles. The molecule has 1 saturated carbocycles. The number of amides is 1. The van der Waals surface area contributed by atoms with Crippen molar-refractivity contribution in [1.29, 1.82) is 0 Å². The minimum Gasteiger partial charge on any atom is -0.494 e. The first kappa shape index (κ1) is 17.8. The number of anilines is 1. The van der Waals surface area contributed by atoms with Gasteiger partial charge in [0.25, 0.3) is 0 Å². The van der Waals surface area contributed by atoms with Gasteiger partial charge < -0.3 is 10.1 Å². The summed E-state index contributed by atoms with van der Waals surface area (Å²) in [4.78, 5) is 13.2.